The summed E-state index contributed by atoms with van der Waals surface area (Å²) in [5, 5.41) is 5.92. The Balaban J connectivity index is 2.32. The zero-order chi connectivity index (χ0) is 10.4. The number of rotatable bonds is 2. The van der Waals surface area contributed by atoms with Crippen LogP contribution in [0.25, 0.3) is 10.9 Å². The third-order valence-corrected chi connectivity index (χ3v) is 3.16. The van der Waals surface area contributed by atoms with Gasteiger partial charge in [0.1, 0.15) is 0 Å². The van der Waals surface area contributed by atoms with E-state index in [1.54, 1.807) is 0 Å². The van der Waals surface area contributed by atoms with Crippen molar-refractivity contribution in [2.24, 2.45) is 12.8 Å². The van der Waals surface area contributed by atoms with Crippen LogP contribution >= 0.6 is 0 Å². The molecule has 2 N–H and O–H groups in total. The Kier molecular flexibility index (Phi) is 1.83. The van der Waals surface area contributed by atoms with Crippen molar-refractivity contribution in [2.45, 2.75) is 25.3 Å². The number of aromatic nitrogens is 2. The van der Waals surface area contributed by atoms with Crippen LogP contribution in [0, 0.1) is 0 Å². The van der Waals surface area contributed by atoms with Gasteiger partial charge in [0.2, 0.25) is 0 Å². The lowest BCUT2D eigenvalue weighted by atomic mass is 10.1. The van der Waals surface area contributed by atoms with Crippen molar-refractivity contribution >= 4 is 10.9 Å². The quantitative estimate of drug-likeness (QED) is 0.806. The molecule has 1 aliphatic rings. The number of nitrogens with zero attached hydrogens (tertiary/aromatic N) is 2. The molecule has 3 nitrogen and oxygen atoms in total. The zero-order valence-corrected chi connectivity index (χ0v) is 8.90. The van der Waals surface area contributed by atoms with E-state index in [0.717, 1.165) is 0 Å². The Hall–Kier alpha value is -1.35. The van der Waals surface area contributed by atoms with E-state index in [-0.39, 0.29) is 0 Å². The second-order valence-electron chi connectivity index (χ2n) is 4.30. The van der Waals surface area contributed by atoms with Crippen molar-refractivity contribution in [1.29, 1.82) is 0 Å². The summed E-state index contributed by atoms with van der Waals surface area (Å²) < 4.78 is 1.98. The van der Waals surface area contributed by atoms with Gasteiger partial charge in [0.15, 0.2) is 0 Å². The van der Waals surface area contributed by atoms with Gasteiger partial charge in [-0.3, -0.25) is 4.68 Å². The summed E-state index contributed by atoms with van der Waals surface area (Å²) in [6.45, 7) is 0.584. The van der Waals surface area contributed by atoms with E-state index in [0.29, 0.717) is 12.5 Å². The molecule has 0 saturated heterocycles. The molecular formula is C12H15N3. The van der Waals surface area contributed by atoms with Crippen LogP contribution in [-0.2, 0) is 13.6 Å². The number of benzene rings is 1. The third kappa shape index (κ3) is 1.27. The van der Waals surface area contributed by atoms with E-state index in [4.69, 9.17) is 5.73 Å². The molecule has 1 fully saturated rings. The third-order valence-electron chi connectivity index (χ3n) is 3.16. The number of hydrogen-bond donors (Lipinski definition) is 1. The number of fused-ring (bicyclic) bond motifs is 1. The smallest absolute Gasteiger partial charge is 0.0734 e. The highest BCUT2D eigenvalue weighted by Crippen LogP contribution is 2.42. The summed E-state index contributed by atoms with van der Waals surface area (Å²) in [5.74, 6) is 0.696. The molecule has 0 bridgehead atoms. The van der Waals surface area contributed by atoms with E-state index < -0.39 is 0 Å². The number of para-hydroxylation sites is 1. The SMILES string of the molecule is Cn1nc(C2CC2)c2cccc(CN)c21. The molecule has 78 valence electrons. The van der Waals surface area contributed by atoms with Crippen molar-refractivity contribution in [3.8, 4) is 0 Å². The van der Waals surface area contributed by atoms with Crippen LogP contribution in [-0.4, -0.2) is 9.78 Å². The Morgan fingerprint density at radius 3 is 2.93 bits per heavy atom. The zero-order valence-electron chi connectivity index (χ0n) is 8.90. The van der Waals surface area contributed by atoms with Crippen molar-refractivity contribution in [2.75, 3.05) is 0 Å². The molecule has 0 radical (unpaired) electrons. The number of aryl methyl sites for hydroxylation is 1. The molecule has 0 amide bonds. The number of hydrogen-bond acceptors (Lipinski definition) is 2. The van der Waals surface area contributed by atoms with Gasteiger partial charge in [-0.05, 0) is 18.4 Å². The predicted octanol–water partition coefficient (Wildman–Crippen LogP) is 1.91. The monoisotopic (exact) mass is 201 g/mol. The highest BCUT2D eigenvalue weighted by Gasteiger charge is 2.28. The van der Waals surface area contributed by atoms with Crippen molar-refractivity contribution < 1.29 is 0 Å². The van der Waals surface area contributed by atoms with Crippen LogP contribution in [0.4, 0.5) is 0 Å². The van der Waals surface area contributed by atoms with E-state index in [1.165, 1.54) is 35.0 Å². The second kappa shape index (κ2) is 3.07. The summed E-state index contributed by atoms with van der Waals surface area (Å²) in [4.78, 5) is 0. The molecule has 0 spiro atoms. The maximum Gasteiger partial charge on any atom is 0.0734 e. The van der Waals surface area contributed by atoms with Crippen molar-refractivity contribution in [3.05, 3.63) is 29.5 Å². The standard InChI is InChI=1S/C12H15N3/c1-15-12-9(7-13)3-2-4-10(12)11(14-15)8-5-6-8/h2-4,8H,5-7,13H2,1H3. The Morgan fingerprint density at radius 2 is 2.27 bits per heavy atom. The summed E-state index contributed by atoms with van der Waals surface area (Å²) in [6.07, 6.45) is 2.58. The molecule has 3 heteroatoms. The summed E-state index contributed by atoms with van der Waals surface area (Å²) in [6, 6.07) is 6.33. The number of nitrogens with two attached hydrogens (primary N) is 1. The van der Waals surface area contributed by atoms with Crippen LogP contribution in [0.1, 0.15) is 30.0 Å². The molecule has 1 saturated carbocycles. The Morgan fingerprint density at radius 1 is 1.47 bits per heavy atom. The average Bonchev–Trinajstić information content (AvgIpc) is 3.04. The van der Waals surface area contributed by atoms with Crippen LogP contribution in [0.3, 0.4) is 0 Å². The lowest BCUT2D eigenvalue weighted by Crippen LogP contribution is -2.00. The van der Waals surface area contributed by atoms with Crippen molar-refractivity contribution in [1.82, 2.24) is 9.78 Å². The van der Waals surface area contributed by atoms with Gasteiger partial charge in [-0.1, -0.05) is 18.2 Å². The Bertz CT molecular complexity index is 509. The molecular weight excluding hydrogens is 186 g/mol. The summed E-state index contributed by atoms with van der Waals surface area (Å²) in [5.41, 5.74) is 9.41. The Labute approximate surface area is 88.9 Å². The minimum atomic E-state index is 0.584. The average molecular weight is 201 g/mol. The first-order chi connectivity index (χ1) is 7.31. The molecule has 0 aliphatic heterocycles. The molecule has 1 heterocycles. The first kappa shape index (κ1) is 8.92. The molecule has 3 rings (SSSR count). The first-order valence-corrected chi connectivity index (χ1v) is 5.46. The first-order valence-electron chi connectivity index (χ1n) is 5.46. The normalized spacial score (nSPS) is 16.1. The summed E-state index contributed by atoms with van der Waals surface area (Å²) in [7, 11) is 2.01. The van der Waals surface area contributed by atoms with Gasteiger partial charge in [-0.2, -0.15) is 5.10 Å². The molecule has 1 aliphatic carbocycles. The lowest BCUT2D eigenvalue weighted by Gasteiger charge is -2.01. The van der Waals surface area contributed by atoms with Gasteiger partial charge < -0.3 is 5.73 Å². The fourth-order valence-electron chi connectivity index (χ4n) is 2.27. The maximum absolute atomic E-state index is 5.74. The largest absolute Gasteiger partial charge is 0.326 e. The van der Waals surface area contributed by atoms with Gasteiger partial charge in [0.05, 0.1) is 11.2 Å². The van der Waals surface area contributed by atoms with Gasteiger partial charge >= 0.3 is 0 Å². The second-order valence-corrected chi connectivity index (χ2v) is 4.30. The van der Waals surface area contributed by atoms with Gasteiger partial charge in [0.25, 0.3) is 0 Å². The molecule has 0 atom stereocenters. The minimum Gasteiger partial charge on any atom is -0.326 e. The highest BCUT2D eigenvalue weighted by atomic mass is 15.3. The van der Waals surface area contributed by atoms with Crippen LogP contribution in [0.5, 0.6) is 0 Å². The topological polar surface area (TPSA) is 43.8 Å². The van der Waals surface area contributed by atoms with E-state index in [2.05, 4.69) is 23.3 Å². The highest BCUT2D eigenvalue weighted by molar-refractivity contribution is 5.85. The van der Waals surface area contributed by atoms with E-state index in [1.807, 2.05) is 11.7 Å². The predicted molar refractivity (Wildman–Crippen MR) is 60.6 cm³/mol. The van der Waals surface area contributed by atoms with Gasteiger partial charge in [0, 0.05) is 24.9 Å². The molecule has 1 aromatic heterocycles. The van der Waals surface area contributed by atoms with Crippen LogP contribution in [0.15, 0.2) is 18.2 Å². The molecule has 15 heavy (non-hydrogen) atoms. The van der Waals surface area contributed by atoms with Gasteiger partial charge in [-0.15, -0.1) is 0 Å². The molecule has 0 unspecified atom stereocenters. The maximum atomic E-state index is 5.74. The van der Waals surface area contributed by atoms with E-state index >= 15 is 0 Å². The van der Waals surface area contributed by atoms with Gasteiger partial charge in [-0.25, -0.2) is 0 Å². The van der Waals surface area contributed by atoms with Crippen molar-refractivity contribution in [3.63, 3.8) is 0 Å². The van der Waals surface area contributed by atoms with Crippen LogP contribution < -0.4 is 5.73 Å². The molecule has 2 aromatic rings. The summed E-state index contributed by atoms with van der Waals surface area (Å²) >= 11 is 0. The molecule has 1 aromatic carbocycles. The van der Waals surface area contributed by atoms with Crippen LogP contribution in [0.2, 0.25) is 0 Å². The minimum absolute atomic E-state index is 0.584. The lowest BCUT2D eigenvalue weighted by molar-refractivity contribution is 0.763. The fraction of sp³-hybridized carbons (Fsp3) is 0.417. The van der Waals surface area contributed by atoms with E-state index in [9.17, 15) is 0 Å². The fourth-order valence-corrected chi connectivity index (χ4v) is 2.27.